The molecule has 116 valence electrons. The zero-order chi connectivity index (χ0) is 14.9. The lowest BCUT2D eigenvalue weighted by Gasteiger charge is -2.49. The average Bonchev–Trinajstić information content (AvgIpc) is 2.50. The molecule has 0 aromatic heterocycles. The monoisotopic (exact) mass is 288 g/mol. The van der Waals surface area contributed by atoms with Crippen molar-refractivity contribution in [2.24, 2.45) is 11.7 Å². The summed E-state index contributed by atoms with van der Waals surface area (Å²) < 4.78 is 0. The fraction of sp³-hybridized carbons (Fsp3) is 0.667. The predicted octanol–water partition coefficient (Wildman–Crippen LogP) is 2.62. The summed E-state index contributed by atoms with van der Waals surface area (Å²) in [5, 5.41) is 10.8. The predicted molar refractivity (Wildman–Crippen MR) is 86.1 cm³/mol. The Morgan fingerprint density at radius 1 is 1.33 bits per heavy atom. The molecule has 0 amide bonds. The number of hydrogen-bond acceptors (Lipinski definition) is 3. The molecule has 1 aromatic carbocycles. The lowest BCUT2D eigenvalue weighted by molar-refractivity contribution is -0.102. The van der Waals surface area contributed by atoms with Crippen molar-refractivity contribution in [3.05, 3.63) is 35.4 Å². The van der Waals surface area contributed by atoms with Crippen LogP contribution < -0.4 is 5.73 Å². The molecule has 3 unspecified atom stereocenters. The molecule has 3 rings (SSSR count). The molecule has 3 atom stereocenters. The van der Waals surface area contributed by atoms with E-state index in [4.69, 9.17) is 5.73 Å². The standard InChI is InChI=1S/C18H28N2O/c1-14-6-2-3-8-16(14)17(12-19)20-11-10-18(21)9-5-4-7-15(18)13-20/h2-3,6,8,15,17,21H,4-5,7,9-13,19H2,1H3. The topological polar surface area (TPSA) is 49.5 Å². The molecule has 1 aliphatic heterocycles. The summed E-state index contributed by atoms with van der Waals surface area (Å²) in [5.74, 6) is 0.429. The molecular weight excluding hydrogens is 260 g/mol. The highest BCUT2D eigenvalue weighted by Gasteiger charge is 2.43. The van der Waals surface area contributed by atoms with Crippen LogP contribution in [-0.2, 0) is 0 Å². The van der Waals surface area contributed by atoms with Gasteiger partial charge in [0.25, 0.3) is 0 Å². The molecule has 3 nitrogen and oxygen atoms in total. The molecular formula is C18H28N2O. The number of fused-ring (bicyclic) bond motifs is 1. The van der Waals surface area contributed by atoms with E-state index < -0.39 is 5.60 Å². The van der Waals surface area contributed by atoms with Crippen molar-refractivity contribution in [1.82, 2.24) is 4.90 Å². The molecule has 21 heavy (non-hydrogen) atoms. The first kappa shape index (κ1) is 15.0. The maximum atomic E-state index is 10.8. The van der Waals surface area contributed by atoms with Crippen LogP contribution in [0.4, 0.5) is 0 Å². The second-order valence-corrected chi connectivity index (χ2v) is 6.90. The van der Waals surface area contributed by atoms with Gasteiger partial charge in [-0.05, 0) is 37.3 Å². The van der Waals surface area contributed by atoms with Gasteiger partial charge < -0.3 is 10.8 Å². The van der Waals surface area contributed by atoms with Crippen molar-refractivity contribution in [3.8, 4) is 0 Å². The van der Waals surface area contributed by atoms with Gasteiger partial charge in [-0.3, -0.25) is 4.90 Å². The van der Waals surface area contributed by atoms with Gasteiger partial charge in [-0.1, -0.05) is 37.1 Å². The number of piperidine rings is 1. The Bertz CT molecular complexity index is 490. The van der Waals surface area contributed by atoms with Crippen LogP contribution >= 0.6 is 0 Å². The third-order valence-corrected chi connectivity index (χ3v) is 5.67. The smallest absolute Gasteiger partial charge is 0.0700 e. The Kier molecular flexibility index (Phi) is 4.34. The van der Waals surface area contributed by atoms with E-state index in [1.54, 1.807) is 0 Å². The molecule has 1 saturated carbocycles. The molecule has 0 spiro atoms. The average molecular weight is 288 g/mol. The van der Waals surface area contributed by atoms with Crippen molar-refractivity contribution in [2.75, 3.05) is 19.6 Å². The van der Waals surface area contributed by atoms with Gasteiger partial charge in [-0.25, -0.2) is 0 Å². The summed E-state index contributed by atoms with van der Waals surface area (Å²) >= 11 is 0. The first-order chi connectivity index (χ1) is 10.1. The molecule has 1 aromatic rings. The van der Waals surface area contributed by atoms with E-state index >= 15 is 0 Å². The summed E-state index contributed by atoms with van der Waals surface area (Å²) in [6.07, 6.45) is 5.50. The normalized spacial score (nSPS) is 31.7. The Morgan fingerprint density at radius 3 is 2.90 bits per heavy atom. The minimum Gasteiger partial charge on any atom is -0.390 e. The molecule has 1 heterocycles. The van der Waals surface area contributed by atoms with Crippen LogP contribution in [0.5, 0.6) is 0 Å². The lowest BCUT2D eigenvalue weighted by Crippen LogP contribution is -2.54. The highest BCUT2D eigenvalue weighted by Crippen LogP contribution is 2.41. The van der Waals surface area contributed by atoms with Gasteiger partial charge in [0.05, 0.1) is 5.60 Å². The van der Waals surface area contributed by atoms with E-state index in [0.717, 1.165) is 32.4 Å². The molecule has 3 heteroatoms. The van der Waals surface area contributed by atoms with Crippen LogP contribution in [-0.4, -0.2) is 35.2 Å². The minimum absolute atomic E-state index is 0.290. The third-order valence-electron chi connectivity index (χ3n) is 5.67. The van der Waals surface area contributed by atoms with Crippen molar-refractivity contribution >= 4 is 0 Å². The Balaban J connectivity index is 1.78. The fourth-order valence-corrected chi connectivity index (χ4v) is 4.31. The zero-order valence-corrected chi connectivity index (χ0v) is 13.1. The number of benzene rings is 1. The van der Waals surface area contributed by atoms with Crippen molar-refractivity contribution in [1.29, 1.82) is 0 Å². The van der Waals surface area contributed by atoms with E-state index in [0.29, 0.717) is 12.5 Å². The first-order valence-electron chi connectivity index (χ1n) is 8.36. The molecule has 0 radical (unpaired) electrons. The van der Waals surface area contributed by atoms with Gasteiger partial charge in [0.15, 0.2) is 0 Å². The second kappa shape index (κ2) is 6.07. The number of likely N-dealkylation sites (tertiary alicyclic amines) is 1. The van der Waals surface area contributed by atoms with E-state index in [9.17, 15) is 5.11 Å². The maximum Gasteiger partial charge on any atom is 0.0700 e. The van der Waals surface area contributed by atoms with Gasteiger partial charge in [-0.15, -0.1) is 0 Å². The van der Waals surface area contributed by atoms with E-state index in [2.05, 4.69) is 36.1 Å². The summed E-state index contributed by atoms with van der Waals surface area (Å²) in [7, 11) is 0. The van der Waals surface area contributed by atoms with Crippen LogP contribution in [0.1, 0.15) is 49.3 Å². The number of hydrogen-bond donors (Lipinski definition) is 2. The number of aliphatic hydroxyl groups is 1. The molecule has 1 saturated heterocycles. The third kappa shape index (κ3) is 2.87. The molecule has 2 aliphatic rings. The van der Waals surface area contributed by atoms with Gasteiger partial charge >= 0.3 is 0 Å². The first-order valence-corrected chi connectivity index (χ1v) is 8.36. The molecule has 3 N–H and O–H groups in total. The summed E-state index contributed by atoms with van der Waals surface area (Å²) in [6, 6.07) is 8.85. The SMILES string of the molecule is Cc1ccccc1C(CN)N1CCC2(O)CCCCC2C1. The Morgan fingerprint density at radius 2 is 2.14 bits per heavy atom. The Hall–Kier alpha value is -0.900. The van der Waals surface area contributed by atoms with E-state index in [1.807, 2.05) is 0 Å². The summed E-state index contributed by atoms with van der Waals surface area (Å²) in [4.78, 5) is 2.51. The Labute approximate surface area is 128 Å². The van der Waals surface area contributed by atoms with Crippen LogP contribution in [0.2, 0.25) is 0 Å². The van der Waals surface area contributed by atoms with Crippen molar-refractivity contribution < 1.29 is 5.11 Å². The number of rotatable bonds is 3. The summed E-state index contributed by atoms with van der Waals surface area (Å²) in [6.45, 7) is 4.77. The van der Waals surface area contributed by atoms with Crippen LogP contribution in [0.25, 0.3) is 0 Å². The number of aryl methyl sites for hydroxylation is 1. The number of nitrogens with zero attached hydrogens (tertiary/aromatic N) is 1. The van der Waals surface area contributed by atoms with Crippen LogP contribution in [0, 0.1) is 12.8 Å². The van der Waals surface area contributed by atoms with E-state index in [1.165, 1.54) is 24.0 Å². The van der Waals surface area contributed by atoms with E-state index in [-0.39, 0.29) is 6.04 Å². The zero-order valence-electron chi connectivity index (χ0n) is 13.1. The highest BCUT2D eigenvalue weighted by atomic mass is 16.3. The maximum absolute atomic E-state index is 10.8. The molecule has 0 bridgehead atoms. The van der Waals surface area contributed by atoms with Gasteiger partial charge in [-0.2, -0.15) is 0 Å². The quantitative estimate of drug-likeness (QED) is 0.899. The highest BCUT2D eigenvalue weighted by molar-refractivity contribution is 5.29. The lowest BCUT2D eigenvalue weighted by atomic mass is 9.71. The van der Waals surface area contributed by atoms with Gasteiger partial charge in [0.1, 0.15) is 0 Å². The van der Waals surface area contributed by atoms with Crippen molar-refractivity contribution in [3.63, 3.8) is 0 Å². The molecule has 2 fully saturated rings. The fourth-order valence-electron chi connectivity index (χ4n) is 4.31. The van der Waals surface area contributed by atoms with Gasteiger partial charge in [0.2, 0.25) is 0 Å². The largest absolute Gasteiger partial charge is 0.390 e. The molecule has 1 aliphatic carbocycles. The van der Waals surface area contributed by atoms with Gasteiger partial charge in [0, 0.05) is 31.6 Å². The van der Waals surface area contributed by atoms with Crippen molar-refractivity contribution in [2.45, 2.75) is 50.7 Å². The summed E-state index contributed by atoms with van der Waals surface area (Å²) in [5.41, 5.74) is 8.36. The van der Waals surface area contributed by atoms with Crippen LogP contribution in [0.3, 0.4) is 0 Å². The number of nitrogens with two attached hydrogens (primary N) is 1. The minimum atomic E-state index is -0.403. The second-order valence-electron chi connectivity index (χ2n) is 6.90. The van der Waals surface area contributed by atoms with Crippen LogP contribution in [0.15, 0.2) is 24.3 Å².